The smallest absolute Gasteiger partial charge is 0.281 e. The standard InChI is InChI=1S/C27H32N6O3S/c1-18-5-8-23(19(2)15-18)37(35,36)26-24-28-25(34)21-7-6-20(16-22(21)33(24)30-29-26)32-13-10-27(11-14-32)9-4-12-31(3)17-27/h5-8,15-16,30H,4,9-14,17H2,1-3H3. The van der Waals surface area contributed by atoms with E-state index >= 15 is 0 Å². The highest BCUT2D eigenvalue weighted by atomic mass is 32.2. The Labute approximate surface area is 216 Å². The molecule has 2 fully saturated rings. The molecule has 2 aromatic carbocycles. The molecule has 2 aliphatic rings. The van der Waals surface area contributed by atoms with Gasteiger partial charge in [0, 0.05) is 25.3 Å². The zero-order chi connectivity index (χ0) is 25.9. The molecule has 0 unspecified atom stereocenters. The first-order valence-electron chi connectivity index (χ1n) is 12.8. The lowest BCUT2D eigenvalue weighted by Gasteiger charge is -2.47. The summed E-state index contributed by atoms with van der Waals surface area (Å²) in [5.41, 5.74) is 3.11. The van der Waals surface area contributed by atoms with Crippen molar-refractivity contribution in [2.24, 2.45) is 5.41 Å². The van der Waals surface area contributed by atoms with Gasteiger partial charge >= 0.3 is 0 Å². The number of benzene rings is 2. The number of likely N-dealkylation sites (tertiary alicyclic amines) is 1. The van der Waals surface area contributed by atoms with E-state index in [-0.39, 0.29) is 15.6 Å². The summed E-state index contributed by atoms with van der Waals surface area (Å²) < 4.78 is 28.6. The van der Waals surface area contributed by atoms with Crippen LogP contribution in [0, 0.1) is 19.3 Å². The van der Waals surface area contributed by atoms with Gasteiger partial charge in [-0.1, -0.05) is 17.7 Å². The maximum absolute atomic E-state index is 13.5. The number of sulfone groups is 1. The van der Waals surface area contributed by atoms with Crippen LogP contribution >= 0.6 is 0 Å². The zero-order valence-corrected chi connectivity index (χ0v) is 22.3. The van der Waals surface area contributed by atoms with E-state index in [1.807, 2.05) is 25.1 Å². The third kappa shape index (κ3) is 4.02. The molecular formula is C27H32N6O3S. The van der Waals surface area contributed by atoms with Gasteiger partial charge < -0.3 is 9.80 Å². The van der Waals surface area contributed by atoms with Gasteiger partial charge in [0.05, 0.1) is 15.8 Å². The van der Waals surface area contributed by atoms with Gasteiger partial charge in [-0.15, -0.1) is 5.10 Å². The molecular weight excluding hydrogens is 488 g/mol. The summed E-state index contributed by atoms with van der Waals surface area (Å²) in [5, 5.41) is 7.12. The van der Waals surface area contributed by atoms with Crippen LogP contribution in [0.15, 0.2) is 51.1 Å². The molecule has 0 bridgehead atoms. The number of rotatable bonds is 3. The van der Waals surface area contributed by atoms with E-state index in [9.17, 15) is 13.2 Å². The van der Waals surface area contributed by atoms with Crippen LogP contribution in [0.2, 0.25) is 0 Å². The fourth-order valence-corrected chi connectivity index (χ4v) is 7.76. The molecule has 10 heteroatoms. The third-order valence-electron chi connectivity index (χ3n) is 8.23. The van der Waals surface area contributed by atoms with Gasteiger partial charge in [-0.25, -0.2) is 18.1 Å². The second-order valence-electron chi connectivity index (χ2n) is 10.9. The van der Waals surface area contributed by atoms with Crippen LogP contribution in [0.1, 0.15) is 36.8 Å². The van der Waals surface area contributed by atoms with Crippen LogP contribution < -0.4 is 10.5 Å². The van der Waals surface area contributed by atoms with Crippen molar-refractivity contribution >= 4 is 32.1 Å². The molecule has 4 aromatic rings. The molecule has 1 N–H and O–H groups in total. The number of aromatic nitrogens is 4. The summed E-state index contributed by atoms with van der Waals surface area (Å²) in [6.07, 6.45) is 4.83. The van der Waals surface area contributed by atoms with Gasteiger partial charge in [-0.2, -0.15) is 4.98 Å². The van der Waals surface area contributed by atoms with Crippen LogP contribution in [0.25, 0.3) is 16.6 Å². The maximum Gasteiger partial charge on any atom is 0.281 e. The molecule has 194 valence electrons. The molecule has 4 heterocycles. The van der Waals surface area contributed by atoms with Crippen LogP contribution in [0.5, 0.6) is 0 Å². The molecule has 37 heavy (non-hydrogen) atoms. The van der Waals surface area contributed by atoms with Gasteiger partial charge in [0.1, 0.15) is 0 Å². The molecule has 9 nitrogen and oxygen atoms in total. The Balaban J connectivity index is 1.39. The summed E-state index contributed by atoms with van der Waals surface area (Å²) >= 11 is 0. The average Bonchev–Trinajstić information content (AvgIpc) is 3.29. The van der Waals surface area contributed by atoms with E-state index in [4.69, 9.17) is 0 Å². The second kappa shape index (κ2) is 8.66. The van der Waals surface area contributed by atoms with E-state index in [0.717, 1.165) is 43.7 Å². The number of H-pyrrole nitrogens is 1. The molecule has 0 aliphatic carbocycles. The monoisotopic (exact) mass is 520 g/mol. The van der Waals surface area contributed by atoms with Crippen molar-refractivity contribution in [1.82, 2.24) is 24.7 Å². The topological polar surface area (TPSA) is 104 Å². The lowest BCUT2D eigenvalue weighted by Crippen LogP contribution is -2.48. The molecule has 2 saturated heterocycles. The van der Waals surface area contributed by atoms with E-state index in [1.165, 1.54) is 23.9 Å². The number of aromatic amines is 1. The molecule has 1 spiro atoms. The first kappa shape index (κ1) is 24.1. The van der Waals surface area contributed by atoms with E-state index in [0.29, 0.717) is 21.9 Å². The fourth-order valence-electron chi connectivity index (χ4n) is 6.28. The van der Waals surface area contributed by atoms with Gasteiger partial charge in [0.25, 0.3) is 5.56 Å². The van der Waals surface area contributed by atoms with Crippen molar-refractivity contribution in [1.29, 1.82) is 0 Å². The Morgan fingerprint density at radius 1 is 1.00 bits per heavy atom. The number of anilines is 1. The quantitative estimate of drug-likeness (QED) is 0.442. The minimum atomic E-state index is -3.99. The Morgan fingerprint density at radius 3 is 2.51 bits per heavy atom. The lowest BCUT2D eigenvalue weighted by molar-refractivity contribution is 0.0822. The van der Waals surface area contributed by atoms with Gasteiger partial charge in [0.2, 0.25) is 14.9 Å². The maximum atomic E-state index is 13.5. The molecule has 0 radical (unpaired) electrons. The predicted molar refractivity (Wildman–Crippen MR) is 143 cm³/mol. The second-order valence-corrected chi connectivity index (χ2v) is 12.7. The zero-order valence-electron chi connectivity index (χ0n) is 21.5. The summed E-state index contributed by atoms with van der Waals surface area (Å²) in [6, 6.07) is 10.8. The highest BCUT2D eigenvalue weighted by molar-refractivity contribution is 7.91. The number of nitrogens with one attached hydrogen (secondary N) is 1. The molecule has 6 rings (SSSR count). The minimum absolute atomic E-state index is 0.0115. The SMILES string of the molecule is Cc1ccc(S(=O)(=O)c2n[nH]n3c2nc(=O)c2ccc(N4CCC5(CCCN(C)C5)CC4)cc23)c(C)c1. The van der Waals surface area contributed by atoms with Crippen molar-refractivity contribution in [3.63, 3.8) is 0 Å². The van der Waals surface area contributed by atoms with Gasteiger partial charge in [-0.05, 0) is 88.4 Å². The number of aryl methyl sites for hydroxylation is 2. The van der Waals surface area contributed by atoms with Crippen molar-refractivity contribution in [3.05, 3.63) is 57.9 Å². The third-order valence-corrected chi connectivity index (χ3v) is 10.1. The van der Waals surface area contributed by atoms with Crippen LogP contribution in [0.4, 0.5) is 5.69 Å². The summed E-state index contributed by atoms with van der Waals surface area (Å²) in [7, 11) is -1.77. The van der Waals surface area contributed by atoms with Crippen LogP contribution in [0.3, 0.4) is 0 Å². The van der Waals surface area contributed by atoms with Crippen molar-refractivity contribution in [2.45, 2.75) is 49.5 Å². The van der Waals surface area contributed by atoms with E-state index in [1.54, 1.807) is 25.1 Å². The molecule has 0 saturated carbocycles. The van der Waals surface area contributed by atoms with Gasteiger partial charge in [-0.3, -0.25) is 4.79 Å². The molecule has 2 aromatic heterocycles. The fraction of sp³-hybridized carbons (Fsp3) is 0.444. The largest absolute Gasteiger partial charge is 0.371 e. The first-order chi connectivity index (χ1) is 17.7. The first-order valence-corrected chi connectivity index (χ1v) is 14.3. The van der Waals surface area contributed by atoms with Crippen molar-refractivity contribution in [2.75, 3.05) is 38.1 Å². The predicted octanol–water partition coefficient (Wildman–Crippen LogP) is 3.33. The summed E-state index contributed by atoms with van der Waals surface area (Å²) in [6.45, 7) is 7.92. The molecule has 2 aliphatic heterocycles. The molecule has 0 amide bonds. The highest BCUT2D eigenvalue weighted by Gasteiger charge is 2.37. The van der Waals surface area contributed by atoms with Crippen LogP contribution in [-0.2, 0) is 9.84 Å². The van der Waals surface area contributed by atoms with Crippen molar-refractivity contribution < 1.29 is 8.42 Å². The summed E-state index contributed by atoms with van der Waals surface area (Å²) in [4.78, 5) is 22.1. The summed E-state index contributed by atoms with van der Waals surface area (Å²) in [5.74, 6) is 0. The number of piperidine rings is 2. The van der Waals surface area contributed by atoms with Crippen molar-refractivity contribution in [3.8, 4) is 0 Å². The lowest BCUT2D eigenvalue weighted by atomic mass is 9.72. The highest BCUT2D eigenvalue weighted by Crippen LogP contribution is 2.40. The van der Waals surface area contributed by atoms with Gasteiger partial charge in [0.15, 0.2) is 5.65 Å². The van der Waals surface area contributed by atoms with E-state index in [2.05, 4.69) is 32.1 Å². The normalized spacial score (nSPS) is 18.7. The number of nitrogens with zero attached hydrogens (tertiary/aromatic N) is 5. The Kier molecular flexibility index (Phi) is 5.65. The Hall–Kier alpha value is -3.24. The Morgan fingerprint density at radius 2 is 1.78 bits per heavy atom. The van der Waals surface area contributed by atoms with Crippen LogP contribution in [-0.4, -0.2) is 66.4 Å². The number of hydrogen-bond donors (Lipinski definition) is 1. The number of hydrogen-bond acceptors (Lipinski definition) is 7. The molecule has 0 atom stereocenters. The number of fused-ring (bicyclic) bond motifs is 3. The average molecular weight is 521 g/mol. The Bertz CT molecular complexity index is 1680. The van der Waals surface area contributed by atoms with E-state index < -0.39 is 15.4 Å². The minimum Gasteiger partial charge on any atom is -0.371 e.